The first-order valence-electron chi connectivity index (χ1n) is 5.15. The normalized spacial score (nSPS) is 10.7. The second-order valence-corrected chi connectivity index (χ2v) is 4.36. The number of hydrogen-bond donors (Lipinski definition) is 1. The van der Waals surface area contributed by atoms with Crippen molar-refractivity contribution in [3.8, 4) is 0 Å². The maximum Gasteiger partial charge on any atom is 0.0632 e. The Balaban J connectivity index is 1.99. The van der Waals surface area contributed by atoms with Crippen LogP contribution in [0.25, 0.3) is 0 Å². The van der Waals surface area contributed by atoms with E-state index in [9.17, 15) is 0 Å². The molecule has 0 atom stereocenters. The minimum atomic E-state index is 1.03. The molecule has 3 nitrogen and oxygen atoms in total. The molecule has 0 spiro atoms. The first-order chi connectivity index (χ1) is 6.83. The summed E-state index contributed by atoms with van der Waals surface area (Å²) in [5.41, 5.74) is 0. The Morgan fingerprint density at radius 2 is 2.14 bits per heavy atom. The summed E-state index contributed by atoms with van der Waals surface area (Å²) in [5, 5.41) is 7.36. The van der Waals surface area contributed by atoms with Gasteiger partial charge in [0.25, 0.3) is 0 Å². The van der Waals surface area contributed by atoms with Crippen LogP contribution in [0.15, 0.2) is 16.9 Å². The summed E-state index contributed by atoms with van der Waals surface area (Å²) in [5.74, 6) is 0. The van der Waals surface area contributed by atoms with Gasteiger partial charge < -0.3 is 5.32 Å². The average Bonchev–Trinajstić information content (AvgIpc) is 2.58. The third kappa shape index (κ3) is 4.77. The van der Waals surface area contributed by atoms with E-state index in [-0.39, 0.29) is 0 Å². The zero-order chi connectivity index (χ0) is 10.2. The molecule has 14 heavy (non-hydrogen) atoms. The van der Waals surface area contributed by atoms with Crippen LogP contribution in [0.5, 0.6) is 0 Å². The van der Waals surface area contributed by atoms with Crippen molar-refractivity contribution >= 4 is 15.9 Å². The van der Waals surface area contributed by atoms with Gasteiger partial charge in [-0.3, -0.25) is 4.68 Å². The number of hydrogen-bond acceptors (Lipinski definition) is 2. The quantitative estimate of drug-likeness (QED) is 0.763. The van der Waals surface area contributed by atoms with Gasteiger partial charge in [0.2, 0.25) is 0 Å². The average molecular weight is 260 g/mol. The van der Waals surface area contributed by atoms with Gasteiger partial charge in [-0.25, -0.2) is 0 Å². The highest BCUT2D eigenvalue weighted by Crippen LogP contribution is 2.07. The molecule has 4 heteroatoms. The van der Waals surface area contributed by atoms with Crippen molar-refractivity contribution in [1.29, 1.82) is 0 Å². The van der Waals surface area contributed by atoms with E-state index in [1.54, 1.807) is 0 Å². The predicted molar refractivity (Wildman–Crippen MR) is 62.3 cm³/mol. The van der Waals surface area contributed by atoms with Gasteiger partial charge in [0.15, 0.2) is 0 Å². The van der Waals surface area contributed by atoms with E-state index >= 15 is 0 Å². The molecule has 1 N–H and O–H groups in total. The minimum absolute atomic E-state index is 1.03. The Morgan fingerprint density at radius 1 is 1.36 bits per heavy atom. The summed E-state index contributed by atoms with van der Waals surface area (Å²) in [6.07, 6.45) is 8.95. The van der Waals surface area contributed by atoms with E-state index in [0.717, 1.165) is 17.6 Å². The highest BCUT2D eigenvalue weighted by molar-refractivity contribution is 9.10. The molecule has 0 aromatic carbocycles. The largest absolute Gasteiger partial charge is 0.320 e. The van der Waals surface area contributed by atoms with Crippen molar-refractivity contribution < 1.29 is 0 Å². The van der Waals surface area contributed by atoms with Crippen molar-refractivity contribution in [2.75, 3.05) is 13.6 Å². The van der Waals surface area contributed by atoms with Gasteiger partial charge in [0.1, 0.15) is 0 Å². The molecule has 0 saturated carbocycles. The molecular formula is C10H18BrN3. The lowest BCUT2D eigenvalue weighted by Gasteiger charge is -2.01. The molecule has 1 heterocycles. The smallest absolute Gasteiger partial charge is 0.0632 e. The number of unbranched alkanes of at least 4 members (excludes halogenated alkanes) is 3. The molecule has 1 rings (SSSR count). The summed E-state index contributed by atoms with van der Waals surface area (Å²) in [4.78, 5) is 0. The monoisotopic (exact) mass is 259 g/mol. The van der Waals surface area contributed by atoms with Gasteiger partial charge in [-0.2, -0.15) is 5.10 Å². The topological polar surface area (TPSA) is 29.9 Å². The van der Waals surface area contributed by atoms with Crippen LogP contribution in [0.3, 0.4) is 0 Å². The fourth-order valence-corrected chi connectivity index (χ4v) is 1.72. The van der Waals surface area contributed by atoms with Gasteiger partial charge in [0, 0.05) is 12.7 Å². The van der Waals surface area contributed by atoms with Crippen LogP contribution in [0.2, 0.25) is 0 Å². The maximum atomic E-state index is 4.21. The van der Waals surface area contributed by atoms with Crippen molar-refractivity contribution in [2.45, 2.75) is 32.2 Å². The summed E-state index contributed by atoms with van der Waals surface area (Å²) in [7, 11) is 2.00. The molecule has 0 unspecified atom stereocenters. The highest BCUT2D eigenvalue weighted by atomic mass is 79.9. The minimum Gasteiger partial charge on any atom is -0.320 e. The van der Waals surface area contributed by atoms with Crippen molar-refractivity contribution in [3.05, 3.63) is 16.9 Å². The number of rotatable bonds is 7. The van der Waals surface area contributed by atoms with Crippen LogP contribution in [0.1, 0.15) is 25.7 Å². The highest BCUT2D eigenvalue weighted by Gasteiger charge is 1.94. The van der Waals surface area contributed by atoms with Crippen molar-refractivity contribution in [2.24, 2.45) is 0 Å². The van der Waals surface area contributed by atoms with E-state index in [0.29, 0.717) is 0 Å². The van der Waals surface area contributed by atoms with Gasteiger partial charge in [-0.1, -0.05) is 12.8 Å². The SMILES string of the molecule is CNCCCCCCn1cc(Br)cn1. The van der Waals surface area contributed by atoms with E-state index in [1.165, 1.54) is 25.7 Å². The number of aryl methyl sites for hydroxylation is 1. The van der Waals surface area contributed by atoms with Gasteiger partial charge in [0.05, 0.1) is 10.7 Å². The zero-order valence-electron chi connectivity index (χ0n) is 8.67. The third-order valence-corrected chi connectivity index (χ3v) is 2.58. The van der Waals surface area contributed by atoms with E-state index < -0.39 is 0 Å². The lowest BCUT2D eigenvalue weighted by atomic mass is 10.2. The van der Waals surface area contributed by atoms with E-state index in [2.05, 4.69) is 26.3 Å². The van der Waals surface area contributed by atoms with Gasteiger partial charge >= 0.3 is 0 Å². The number of halogens is 1. The molecule has 1 aromatic heterocycles. The molecule has 0 fully saturated rings. The first-order valence-corrected chi connectivity index (χ1v) is 5.95. The maximum absolute atomic E-state index is 4.21. The Morgan fingerprint density at radius 3 is 2.79 bits per heavy atom. The third-order valence-electron chi connectivity index (χ3n) is 2.17. The number of aromatic nitrogens is 2. The second-order valence-electron chi connectivity index (χ2n) is 3.44. The predicted octanol–water partition coefficient (Wildman–Crippen LogP) is 2.43. The van der Waals surface area contributed by atoms with Crippen LogP contribution < -0.4 is 5.32 Å². The molecule has 0 aliphatic carbocycles. The van der Waals surface area contributed by atoms with Gasteiger partial charge in [-0.05, 0) is 42.4 Å². The second kappa shape index (κ2) is 7.01. The lowest BCUT2D eigenvalue weighted by Crippen LogP contribution is -2.07. The molecule has 0 radical (unpaired) electrons. The van der Waals surface area contributed by atoms with Crippen molar-refractivity contribution in [1.82, 2.24) is 15.1 Å². The van der Waals surface area contributed by atoms with Crippen molar-refractivity contribution in [3.63, 3.8) is 0 Å². The van der Waals surface area contributed by atoms with Crippen LogP contribution in [-0.4, -0.2) is 23.4 Å². The number of nitrogens with one attached hydrogen (secondary N) is 1. The molecule has 1 aromatic rings. The zero-order valence-corrected chi connectivity index (χ0v) is 10.3. The number of nitrogens with zero attached hydrogens (tertiary/aromatic N) is 2. The standard InChI is InChI=1S/C10H18BrN3/c1-12-6-4-2-3-5-7-14-9-10(11)8-13-14/h8-9,12H,2-7H2,1H3. The Hall–Kier alpha value is -0.350. The fraction of sp³-hybridized carbons (Fsp3) is 0.700. The molecular weight excluding hydrogens is 242 g/mol. The van der Waals surface area contributed by atoms with Crippen LogP contribution in [0, 0.1) is 0 Å². The Labute approximate surface area is 94.0 Å². The summed E-state index contributed by atoms with van der Waals surface area (Å²) in [6, 6.07) is 0. The first kappa shape index (κ1) is 11.7. The molecule has 0 aliphatic rings. The summed E-state index contributed by atoms with van der Waals surface area (Å²) < 4.78 is 3.05. The molecule has 0 bridgehead atoms. The lowest BCUT2D eigenvalue weighted by molar-refractivity contribution is 0.531. The Bertz CT molecular complexity index is 247. The molecule has 80 valence electrons. The van der Waals surface area contributed by atoms with Crippen LogP contribution >= 0.6 is 15.9 Å². The van der Waals surface area contributed by atoms with Gasteiger partial charge in [-0.15, -0.1) is 0 Å². The van der Waals surface area contributed by atoms with E-state index in [4.69, 9.17) is 0 Å². The molecule has 0 saturated heterocycles. The summed E-state index contributed by atoms with van der Waals surface area (Å²) >= 11 is 3.38. The fourth-order valence-electron chi connectivity index (χ4n) is 1.39. The molecule has 0 amide bonds. The Kier molecular flexibility index (Phi) is 5.87. The van der Waals surface area contributed by atoms with Crippen LogP contribution in [-0.2, 0) is 6.54 Å². The van der Waals surface area contributed by atoms with Crippen LogP contribution in [0.4, 0.5) is 0 Å². The summed E-state index contributed by atoms with van der Waals surface area (Å²) in [6.45, 7) is 2.17. The molecule has 0 aliphatic heterocycles. The van der Waals surface area contributed by atoms with E-state index in [1.807, 2.05) is 24.1 Å².